The summed E-state index contributed by atoms with van der Waals surface area (Å²) in [7, 11) is 0. The molecule has 17 heavy (non-hydrogen) atoms. The van der Waals surface area contributed by atoms with Gasteiger partial charge in [0, 0.05) is 12.3 Å². The summed E-state index contributed by atoms with van der Waals surface area (Å²) in [5.74, 6) is 1.02. The Morgan fingerprint density at radius 2 is 2.35 bits per heavy atom. The van der Waals surface area contributed by atoms with Crippen molar-refractivity contribution in [3.63, 3.8) is 0 Å². The van der Waals surface area contributed by atoms with Crippen LogP contribution in [-0.2, 0) is 9.59 Å². The van der Waals surface area contributed by atoms with Gasteiger partial charge in [-0.25, -0.2) is 0 Å². The molecule has 0 aliphatic carbocycles. The lowest BCUT2D eigenvalue weighted by atomic mass is 10.3. The van der Waals surface area contributed by atoms with Crippen molar-refractivity contribution in [2.45, 2.75) is 19.9 Å². The van der Waals surface area contributed by atoms with E-state index in [2.05, 4.69) is 15.6 Å². The highest BCUT2D eigenvalue weighted by molar-refractivity contribution is 8.39. The van der Waals surface area contributed by atoms with Crippen LogP contribution in [0.15, 0.2) is 4.99 Å². The minimum atomic E-state index is -0.485. The van der Waals surface area contributed by atoms with E-state index in [1.54, 1.807) is 18.7 Å². The van der Waals surface area contributed by atoms with E-state index in [0.717, 1.165) is 16.7 Å². The van der Waals surface area contributed by atoms with Crippen LogP contribution >= 0.6 is 23.5 Å². The van der Waals surface area contributed by atoms with Gasteiger partial charge in [-0.1, -0.05) is 23.5 Å². The quantitative estimate of drug-likeness (QED) is 0.765. The van der Waals surface area contributed by atoms with Gasteiger partial charge in [-0.2, -0.15) is 0 Å². The summed E-state index contributed by atoms with van der Waals surface area (Å²) in [6.45, 7) is 4.93. The Labute approximate surface area is 110 Å². The molecule has 5 nitrogen and oxygen atoms in total. The minimum Gasteiger partial charge on any atom is -0.355 e. The molecule has 0 aromatic carbocycles. The maximum absolute atomic E-state index is 11.5. The van der Waals surface area contributed by atoms with Crippen LogP contribution in [0, 0.1) is 0 Å². The number of likely N-dealkylation sites (N-methyl/N-ethyl adjacent to an activating group) is 1. The Bertz CT molecular complexity index is 321. The molecule has 1 heterocycles. The minimum absolute atomic E-state index is 0.135. The van der Waals surface area contributed by atoms with Crippen molar-refractivity contribution in [2.24, 2.45) is 4.99 Å². The Hall–Kier alpha value is -0.690. The summed E-state index contributed by atoms with van der Waals surface area (Å²) in [5, 5.41) is 5.31. The zero-order valence-corrected chi connectivity index (χ0v) is 11.6. The van der Waals surface area contributed by atoms with E-state index in [4.69, 9.17) is 0 Å². The number of carbonyl (C=O) groups is 2. The van der Waals surface area contributed by atoms with Gasteiger partial charge < -0.3 is 10.6 Å². The van der Waals surface area contributed by atoms with Crippen LogP contribution in [0.3, 0.4) is 0 Å². The predicted molar refractivity (Wildman–Crippen MR) is 73.5 cm³/mol. The molecule has 2 amide bonds. The summed E-state index contributed by atoms with van der Waals surface area (Å²) in [5.41, 5.74) is 0. The summed E-state index contributed by atoms with van der Waals surface area (Å²) in [4.78, 5) is 27.2. The fourth-order valence-electron chi connectivity index (χ4n) is 1.21. The lowest BCUT2D eigenvalue weighted by molar-refractivity contribution is -0.127. The Morgan fingerprint density at radius 3 is 2.94 bits per heavy atom. The molecule has 7 heteroatoms. The lowest BCUT2D eigenvalue weighted by Gasteiger charge is -2.12. The van der Waals surface area contributed by atoms with Crippen LogP contribution in [0.4, 0.5) is 0 Å². The van der Waals surface area contributed by atoms with Crippen molar-refractivity contribution in [1.29, 1.82) is 0 Å². The molecule has 1 aliphatic heterocycles. The van der Waals surface area contributed by atoms with Crippen molar-refractivity contribution in [1.82, 2.24) is 10.6 Å². The van der Waals surface area contributed by atoms with Gasteiger partial charge in [0.05, 0.1) is 12.3 Å². The molecule has 2 N–H and O–H groups in total. The molecule has 0 unspecified atom stereocenters. The van der Waals surface area contributed by atoms with Crippen LogP contribution in [0.25, 0.3) is 0 Å². The van der Waals surface area contributed by atoms with Crippen LogP contribution in [-0.4, -0.2) is 46.8 Å². The largest absolute Gasteiger partial charge is 0.355 e. The number of aliphatic imine (C=N–C) groups is 1. The highest BCUT2D eigenvalue weighted by atomic mass is 32.2. The van der Waals surface area contributed by atoms with E-state index in [-0.39, 0.29) is 11.8 Å². The monoisotopic (exact) mass is 275 g/mol. The normalized spacial score (nSPS) is 16.2. The average molecular weight is 275 g/mol. The standard InChI is InChI=1S/C10H17N3O2S2/c1-3-11-9(15)7(2)13-8(14)6-17-10-12-4-5-16-10/h7H,3-6H2,1-2H3,(H,11,15)(H,13,14)/t7-/m1/s1. The topological polar surface area (TPSA) is 70.6 Å². The summed E-state index contributed by atoms with van der Waals surface area (Å²) in [6, 6.07) is -0.485. The molecule has 1 atom stereocenters. The second-order valence-electron chi connectivity index (χ2n) is 3.47. The molecule has 0 saturated heterocycles. The SMILES string of the molecule is CCNC(=O)[C@@H](C)NC(=O)CSC1=NCCS1. The molecular weight excluding hydrogens is 258 g/mol. The number of nitrogens with zero attached hydrogens (tertiary/aromatic N) is 1. The Balaban J connectivity index is 2.21. The van der Waals surface area contributed by atoms with Gasteiger partial charge in [-0.05, 0) is 13.8 Å². The Morgan fingerprint density at radius 1 is 1.59 bits per heavy atom. The zero-order valence-electron chi connectivity index (χ0n) is 9.99. The third-order valence-electron chi connectivity index (χ3n) is 2.01. The van der Waals surface area contributed by atoms with Gasteiger partial charge in [0.1, 0.15) is 10.4 Å². The van der Waals surface area contributed by atoms with Crippen LogP contribution in [0.1, 0.15) is 13.8 Å². The lowest BCUT2D eigenvalue weighted by Crippen LogP contribution is -2.45. The molecule has 0 bridgehead atoms. The fourth-order valence-corrected chi connectivity index (χ4v) is 3.03. The predicted octanol–water partition coefficient (Wildman–Crippen LogP) is 0.463. The average Bonchev–Trinajstić information content (AvgIpc) is 2.79. The van der Waals surface area contributed by atoms with Crippen molar-refractivity contribution in [3.05, 3.63) is 0 Å². The summed E-state index contributed by atoms with van der Waals surface area (Å²) < 4.78 is 0.964. The summed E-state index contributed by atoms with van der Waals surface area (Å²) in [6.07, 6.45) is 0. The number of hydrogen-bond donors (Lipinski definition) is 2. The van der Waals surface area contributed by atoms with Gasteiger partial charge >= 0.3 is 0 Å². The molecule has 1 aliphatic rings. The van der Waals surface area contributed by atoms with E-state index in [9.17, 15) is 9.59 Å². The number of rotatable bonds is 5. The van der Waals surface area contributed by atoms with Crippen LogP contribution < -0.4 is 10.6 Å². The van der Waals surface area contributed by atoms with Crippen LogP contribution in [0.5, 0.6) is 0 Å². The highest BCUT2D eigenvalue weighted by Gasteiger charge is 2.16. The molecule has 0 saturated carbocycles. The molecule has 0 aromatic rings. The molecule has 96 valence electrons. The molecule has 0 radical (unpaired) electrons. The number of amides is 2. The van der Waals surface area contributed by atoms with Gasteiger partial charge in [-0.3, -0.25) is 14.6 Å². The number of nitrogens with one attached hydrogen (secondary N) is 2. The van der Waals surface area contributed by atoms with E-state index < -0.39 is 6.04 Å². The van der Waals surface area contributed by atoms with Gasteiger partial charge in [-0.15, -0.1) is 0 Å². The van der Waals surface area contributed by atoms with E-state index in [1.165, 1.54) is 11.8 Å². The van der Waals surface area contributed by atoms with Crippen molar-refractivity contribution in [2.75, 3.05) is 24.6 Å². The smallest absolute Gasteiger partial charge is 0.242 e. The van der Waals surface area contributed by atoms with Crippen LogP contribution in [0.2, 0.25) is 0 Å². The number of thioether (sulfide) groups is 2. The van der Waals surface area contributed by atoms with Crippen molar-refractivity contribution < 1.29 is 9.59 Å². The summed E-state index contributed by atoms with van der Waals surface area (Å²) >= 11 is 3.10. The van der Waals surface area contributed by atoms with Gasteiger partial charge in [0.2, 0.25) is 11.8 Å². The molecule has 1 rings (SSSR count). The fraction of sp³-hybridized carbons (Fsp3) is 0.700. The zero-order chi connectivity index (χ0) is 12.7. The van der Waals surface area contributed by atoms with E-state index in [0.29, 0.717) is 12.3 Å². The van der Waals surface area contributed by atoms with E-state index in [1.807, 2.05) is 6.92 Å². The van der Waals surface area contributed by atoms with Gasteiger partial charge in [0.25, 0.3) is 0 Å². The van der Waals surface area contributed by atoms with E-state index >= 15 is 0 Å². The maximum atomic E-state index is 11.5. The first kappa shape index (κ1) is 14.4. The van der Waals surface area contributed by atoms with Crippen molar-refractivity contribution in [3.8, 4) is 0 Å². The first-order valence-corrected chi connectivity index (χ1v) is 7.47. The molecular formula is C10H17N3O2S2. The number of carbonyl (C=O) groups excluding carboxylic acids is 2. The van der Waals surface area contributed by atoms with Crippen molar-refractivity contribution >= 4 is 39.7 Å². The Kier molecular flexibility index (Phi) is 6.43. The second-order valence-corrected chi connectivity index (χ2v) is 5.77. The maximum Gasteiger partial charge on any atom is 0.242 e. The second kappa shape index (κ2) is 7.60. The number of hydrogen-bond acceptors (Lipinski definition) is 5. The third-order valence-corrected chi connectivity index (χ3v) is 4.26. The first-order chi connectivity index (χ1) is 8.13. The highest BCUT2D eigenvalue weighted by Crippen LogP contribution is 2.21. The molecule has 0 spiro atoms. The molecule has 0 aromatic heterocycles. The third kappa shape index (κ3) is 5.45. The molecule has 0 fully saturated rings. The first-order valence-electron chi connectivity index (χ1n) is 5.50. The van der Waals surface area contributed by atoms with Gasteiger partial charge in [0.15, 0.2) is 0 Å².